The van der Waals surface area contributed by atoms with Crippen LogP contribution in [-0.4, -0.2) is 22.8 Å². The summed E-state index contributed by atoms with van der Waals surface area (Å²) in [6, 6.07) is 1.92. The van der Waals surface area contributed by atoms with Crippen molar-refractivity contribution in [1.29, 1.82) is 0 Å². The van der Waals surface area contributed by atoms with E-state index in [0.29, 0.717) is 0 Å². The van der Waals surface area contributed by atoms with E-state index in [2.05, 4.69) is 0 Å². The van der Waals surface area contributed by atoms with E-state index in [-0.39, 0.29) is 12.2 Å². The third-order valence-corrected chi connectivity index (χ3v) is 2.12. The maximum Gasteiger partial charge on any atom is 0.338 e. The maximum atomic E-state index is 13.0. The molecule has 0 radical (unpaired) electrons. The van der Waals surface area contributed by atoms with Crippen molar-refractivity contribution in [2.24, 2.45) is 0 Å². The van der Waals surface area contributed by atoms with Crippen molar-refractivity contribution in [3.8, 4) is 0 Å². The zero-order valence-corrected chi connectivity index (χ0v) is 8.00. The van der Waals surface area contributed by atoms with Crippen LogP contribution in [0, 0.1) is 11.6 Å². The lowest BCUT2D eigenvalue weighted by Gasteiger charge is -2.10. The molecule has 0 aliphatic heterocycles. The Bertz CT molecular complexity index is 390. The highest BCUT2D eigenvalue weighted by atomic mass is 19.2. The van der Waals surface area contributed by atoms with Gasteiger partial charge in [0.1, 0.15) is 0 Å². The molecule has 0 fully saturated rings. The molecule has 0 spiro atoms. The van der Waals surface area contributed by atoms with Crippen LogP contribution < -0.4 is 0 Å². The van der Waals surface area contributed by atoms with Crippen LogP contribution in [-0.2, 0) is 0 Å². The molecule has 5 heteroatoms. The van der Waals surface area contributed by atoms with E-state index in [9.17, 15) is 13.6 Å². The Labute approximate surface area is 85.0 Å². The summed E-state index contributed by atoms with van der Waals surface area (Å²) in [5.41, 5.74) is -0.459. The standard InChI is InChI=1S/C10H10F2O3/c1-5(4-13)6-2-7(10(14)15)9(12)8(11)3-6/h2-3,5,13H,4H2,1H3,(H,14,15). The average molecular weight is 216 g/mol. The number of carboxylic acids is 1. The second kappa shape index (κ2) is 4.35. The molecule has 0 saturated heterocycles. The molecule has 0 aliphatic rings. The van der Waals surface area contributed by atoms with Crippen LogP contribution in [0.1, 0.15) is 28.8 Å². The van der Waals surface area contributed by atoms with Gasteiger partial charge in [0.15, 0.2) is 11.6 Å². The van der Waals surface area contributed by atoms with Crippen LogP contribution in [0.15, 0.2) is 12.1 Å². The molecular weight excluding hydrogens is 206 g/mol. The highest BCUT2D eigenvalue weighted by Gasteiger charge is 2.18. The summed E-state index contributed by atoms with van der Waals surface area (Å²) in [6.07, 6.45) is 0. The van der Waals surface area contributed by atoms with Gasteiger partial charge in [-0.25, -0.2) is 13.6 Å². The molecule has 1 unspecified atom stereocenters. The van der Waals surface area contributed by atoms with Crippen molar-refractivity contribution in [3.05, 3.63) is 34.9 Å². The largest absolute Gasteiger partial charge is 0.478 e. The normalized spacial score (nSPS) is 12.5. The molecule has 0 aromatic heterocycles. The second-order valence-electron chi connectivity index (χ2n) is 3.25. The summed E-state index contributed by atoms with van der Waals surface area (Å²) >= 11 is 0. The smallest absolute Gasteiger partial charge is 0.338 e. The van der Waals surface area contributed by atoms with Gasteiger partial charge in [0.2, 0.25) is 0 Å². The fourth-order valence-electron chi connectivity index (χ4n) is 1.16. The van der Waals surface area contributed by atoms with Gasteiger partial charge in [0.05, 0.1) is 5.56 Å². The molecule has 0 saturated carbocycles. The SMILES string of the molecule is CC(CO)c1cc(F)c(F)c(C(=O)O)c1. The van der Waals surface area contributed by atoms with Gasteiger partial charge in [-0.2, -0.15) is 0 Å². The third kappa shape index (κ3) is 2.30. The molecule has 1 aromatic carbocycles. The summed E-state index contributed by atoms with van der Waals surface area (Å²) in [6.45, 7) is 1.32. The minimum Gasteiger partial charge on any atom is -0.478 e. The molecule has 1 atom stereocenters. The monoisotopic (exact) mass is 216 g/mol. The second-order valence-corrected chi connectivity index (χ2v) is 3.25. The van der Waals surface area contributed by atoms with Crippen LogP contribution in [0.4, 0.5) is 8.78 Å². The number of aliphatic hydroxyl groups excluding tert-OH is 1. The van der Waals surface area contributed by atoms with E-state index in [1.54, 1.807) is 6.92 Å². The molecule has 0 heterocycles. The quantitative estimate of drug-likeness (QED) is 0.809. The summed E-state index contributed by atoms with van der Waals surface area (Å²) in [5, 5.41) is 17.4. The van der Waals surface area contributed by atoms with Gasteiger partial charge in [0.25, 0.3) is 0 Å². The molecule has 82 valence electrons. The first-order valence-corrected chi connectivity index (χ1v) is 4.30. The van der Waals surface area contributed by atoms with Crippen LogP contribution in [0.3, 0.4) is 0 Å². The first-order chi connectivity index (χ1) is 6.97. The average Bonchev–Trinajstić information content (AvgIpc) is 2.20. The Morgan fingerprint density at radius 1 is 1.47 bits per heavy atom. The van der Waals surface area contributed by atoms with E-state index < -0.39 is 29.1 Å². The van der Waals surface area contributed by atoms with Gasteiger partial charge < -0.3 is 10.2 Å². The highest BCUT2D eigenvalue weighted by molar-refractivity contribution is 5.88. The lowest BCUT2D eigenvalue weighted by atomic mass is 9.99. The Kier molecular flexibility index (Phi) is 3.36. The first kappa shape index (κ1) is 11.6. The zero-order chi connectivity index (χ0) is 11.6. The minimum atomic E-state index is -1.53. The van der Waals surface area contributed by atoms with Crippen molar-refractivity contribution in [3.63, 3.8) is 0 Å². The van der Waals surface area contributed by atoms with Gasteiger partial charge in [-0.15, -0.1) is 0 Å². The third-order valence-electron chi connectivity index (χ3n) is 2.12. The molecule has 1 rings (SSSR count). The van der Waals surface area contributed by atoms with E-state index in [4.69, 9.17) is 10.2 Å². The predicted molar refractivity (Wildman–Crippen MR) is 48.8 cm³/mol. The summed E-state index contributed by atoms with van der Waals surface area (Å²) < 4.78 is 26.0. The maximum absolute atomic E-state index is 13.0. The lowest BCUT2D eigenvalue weighted by molar-refractivity contribution is 0.0690. The number of benzene rings is 1. The van der Waals surface area contributed by atoms with Crippen molar-refractivity contribution in [2.75, 3.05) is 6.61 Å². The lowest BCUT2D eigenvalue weighted by Crippen LogP contribution is -2.07. The fourth-order valence-corrected chi connectivity index (χ4v) is 1.16. The number of hydrogen-bond acceptors (Lipinski definition) is 2. The Hall–Kier alpha value is -1.49. The minimum absolute atomic E-state index is 0.258. The van der Waals surface area contributed by atoms with Gasteiger partial charge in [-0.05, 0) is 17.7 Å². The van der Waals surface area contributed by atoms with Gasteiger partial charge >= 0.3 is 5.97 Å². The van der Waals surface area contributed by atoms with Crippen LogP contribution in [0.2, 0.25) is 0 Å². The fraction of sp³-hybridized carbons (Fsp3) is 0.300. The van der Waals surface area contributed by atoms with Gasteiger partial charge in [-0.3, -0.25) is 0 Å². The molecular formula is C10H10F2O3. The number of carboxylic acid groups (broad SMARTS) is 1. The van der Waals surface area contributed by atoms with Crippen LogP contribution in [0.25, 0.3) is 0 Å². The van der Waals surface area contributed by atoms with Crippen molar-refractivity contribution < 1.29 is 23.8 Å². The molecule has 0 aliphatic carbocycles. The highest BCUT2D eigenvalue weighted by Crippen LogP contribution is 2.21. The van der Waals surface area contributed by atoms with Crippen LogP contribution in [0.5, 0.6) is 0 Å². The zero-order valence-electron chi connectivity index (χ0n) is 8.00. The molecule has 3 nitrogen and oxygen atoms in total. The number of carbonyl (C=O) groups is 1. The number of aromatic carboxylic acids is 1. The molecule has 15 heavy (non-hydrogen) atoms. The summed E-state index contributed by atoms with van der Waals surface area (Å²) in [7, 11) is 0. The topological polar surface area (TPSA) is 57.5 Å². The summed E-state index contributed by atoms with van der Waals surface area (Å²) in [5.74, 6) is -4.56. The Balaban J connectivity index is 3.29. The Morgan fingerprint density at radius 2 is 2.07 bits per heavy atom. The van der Waals surface area contributed by atoms with E-state index in [0.717, 1.165) is 12.1 Å². The number of aliphatic hydroxyl groups is 1. The van der Waals surface area contributed by atoms with Crippen LogP contribution >= 0.6 is 0 Å². The molecule has 1 aromatic rings. The van der Waals surface area contributed by atoms with Crippen molar-refractivity contribution >= 4 is 5.97 Å². The first-order valence-electron chi connectivity index (χ1n) is 4.30. The van der Waals surface area contributed by atoms with E-state index >= 15 is 0 Å². The van der Waals surface area contributed by atoms with Gasteiger partial charge in [-0.1, -0.05) is 6.92 Å². The van der Waals surface area contributed by atoms with Gasteiger partial charge in [0, 0.05) is 12.5 Å². The predicted octanol–water partition coefficient (Wildman–Crippen LogP) is 1.76. The van der Waals surface area contributed by atoms with Crippen molar-refractivity contribution in [2.45, 2.75) is 12.8 Å². The number of rotatable bonds is 3. The summed E-state index contributed by atoms with van der Waals surface area (Å²) in [4.78, 5) is 10.6. The number of hydrogen-bond donors (Lipinski definition) is 2. The van der Waals surface area contributed by atoms with E-state index in [1.807, 2.05) is 0 Å². The van der Waals surface area contributed by atoms with E-state index in [1.165, 1.54) is 0 Å². The Morgan fingerprint density at radius 3 is 2.53 bits per heavy atom. The molecule has 0 amide bonds. The molecule has 0 bridgehead atoms. The molecule has 2 N–H and O–H groups in total. The van der Waals surface area contributed by atoms with Crippen molar-refractivity contribution in [1.82, 2.24) is 0 Å². The number of halogens is 2.